The molecule has 1 aliphatic rings. The van der Waals surface area contributed by atoms with E-state index in [1.54, 1.807) is 17.7 Å². The number of nitrogens with zero attached hydrogens (tertiary/aromatic N) is 3. The molecule has 3 aromatic rings. The fourth-order valence-corrected chi connectivity index (χ4v) is 4.82. The maximum Gasteiger partial charge on any atom is 0.335 e. The lowest BCUT2D eigenvalue weighted by Crippen LogP contribution is -2.47. The van der Waals surface area contributed by atoms with E-state index in [9.17, 15) is 14.4 Å². The summed E-state index contributed by atoms with van der Waals surface area (Å²) in [6.45, 7) is 7.26. The summed E-state index contributed by atoms with van der Waals surface area (Å²) < 4.78 is 8.21. The Bertz CT molecular complexity index is 1340. The van der Waals surface area contributed by atoms with E-state index in [0.717, 1.165) is 5.69 Å². The number of rotatable bonds is 7. The fraction of sp³-hybridized carbons (Fsp3) is 0.393. The summed E-state index contributed by atoms with van der Waals surface area (Å²) >= 11 is 0. The van der Waals surface area contributed by atoms with Crippen LogP contribution in [-0.2, 0) is 11.3 Å². The van der Waals surface area contributed by atoms with Gasteiger partial charge in [0.15, 0.2) is 0 Å². The Morgan fingerprint density at radius 3 is 2.39 bits per heavy atom. The van der Waals surface area contributed by atoms with Crippen molar-refractivity contribution >= 4 is 17.3 Å². The van der Waals surface area contributed by atoms with Crippen molar-refractivity contribution in [2.45, 2.75) is 40.2 Å². The Morgan fingerprint density at radius 2 is 1.75 bits per heavy atom. The van der Waals surface area contributed by atoms with Crippen molar-refractivity contribution in [2.75, 3.05) is 30.4 Å². The standard InChI is InChI=1S/C28H34N4O4/c1-19(2)18-31-27(34)25(20(3)32(28(31)35)23-10-6-5-7-11-23)30-15-13-21(14-16-30)26(33)29-22-9-8-12-24(17-22)36-4/h5-12,17,19,21H,13-16,18H2,1-4H3,(H,29,33). The molecule has 1 fully saturated rings. The zero-order valence-corrected chi connectivity index (χ0v) is 21.4. The largest absolute Gasteiger partial charge is 0.497 e. The highest BCUT2D eigenvalue weighted by Gasteiger charge is 2.29. The van der Waals surface area contributed by atoms with Gasteiger partial charge >= 0.3 is 5.69 Å². The Labute approximate surface area is 211 Å². The topological polar surface area (TPSA) is 85.6 Å². The molecule has 1 saturated heterocycles. The van der Waals surface area contributed by atoms with Gasteiger partial charge in [0.1, 0.15) is 11.4 Å². The van der Waals surface area contributed by atoms with E-state index in [1.807, 2.05) is 74.2 Å². The van der Waals surface area contributed by atoms with E-state index in [1.165, 1.54) is 4.57 Å². The molecule has 1 aromatic heterocycles. The molecule has 8 nitrogen and oxygen atoms in total. The molecule has 0 spiro atoms. The van der Waals surface area contributed by atoms with Crippen LogP contribution in [0.5, 0.6) is 5.75 Å². The number of benzene rings is 2. The Morgan fingerprint density at radius 1 is 1.06 bits per heavy atom. The Kier molecular flexibility index (Phi) is 7.62. The molecule has 0 unspecified atom stereocenters. The van der Waals surface area contributed by atoms with Gasteiger partial charge in [-0.25, -0.2) is 4.79 Å². The van der Waals surface area contributed by atoms with Crippen molar-refractivity contribution in [3.8, 4) is 11.4 Å². The summed E-state index contributed by atoms with van der Waals surface area (Å²) in [5.41, 5.74) is 1.99. The van der Waals surface area contributed by atoms with E-state index in [0.29, 0.717) is 55.3 Å². The van der Waals surface area contributed by atoms with Crippen LogP contribution in [0.1, 0.15) is 32.4 Å². The van der Waals surface area contributed by atoms with Crippen molar-refractivity contribution < 1.29 is 9.53 Å². The molecule has 0 bridgehead atoms. The second-order valence-corrected chi connectivity index (χ2v) is 9.68. The van der Waals surface area contributed by atoms with Gasteiger partial charge in [0.05, 0.1) is 18.5 Å². The number of amides is 1. The SMILES string of the molecule is COc1cccc(NC(=O)C2CCN(c3c(C)n(-c4ccccc4)c(=O)n(CC(C)C)c3=O)CC2)c1. The number of hydrogen-bond donors (Lipinski definition) is 1. The molecule has 2 aromatic carbocycles. The third-order valence-electron chi connectivity index (χ3n) is 6.63. The van der Waals surface area contributed by atoms with E-state index < -0.39 is 0 Å². The summed E-state index contributed by atoms with van der Waals surface area (Å²) in [5.74, 6) is 0.627. The van der Waals surface area contributed by atoms with Crippen LogP contribution in [0.4, 0.5) is 11.4 Å². The van der Waals surface area contributed by atoms with Crippen LogP contribution in [0.2, 0.25) is 0 Å². The van der Waals surface area contributed by atoms with Gasteiger partial charge in [0, 0.05) is 37.3 Å². The van der Waals surface area contributed by atoms with Crippen LogP contribution < -0.4 is 26.2 Å². The van der Waals surface area contributed by atoms with Gasteiger partial charge in [-0.15, -0.1) is 0 Å². The van der Waals surface area contributed by atoms with Crippen molar-refractivity contribution in [3.05, 3.63) is 81.1 Å². The number of anilines is 2. The fourth-order valence-electron chi connectivity index (χ4n) is 4.82. The molecule has 2 heterocycles. The van der Waals surface area contributed by atoms with Gasteiger partial charge in [-0.2, -0.15) is 0 Å². The quantitative estimate of drug-likeness (QED) is 0.544. The van der Waals surface area contributed by atoms with Crippen molar-refractivity contribution in [1.29, 1.82) is 0 Å². The minimum absolute atomic E-state index is 0.0360. The van der Waals surface area contributed by atoms with Crippen molar-refractivity contribution in [1.82, 2.24) is 9.13 Å². The third kappa shape index (κ3) is 5.22. The molecule has 0 atom stereocenters. The zero-order chi connectivity index (χ0) is 25.8. The average Bonchev–Trinajstić information content (AvgIpc) is 2.87. The smallest absolute Gasteiger partial charge is 0.335 e. The molecule has 190 valence electrons. The number of hydrogen-bond acceptors (Lipinski definition) is 5. The second-order valence-electron chi connectivity index (χ2n) is 9.68. The lowest BCUT2D eigenvalue weighted by molar-refractivity contribution is -0.120. The average molecular weight is 491 g/mol. The summed E-state index contributed by atoms with van der Waals surface area (Å²) in [5, 5.41) is 2.98. The van der Waals surface area contributed by atoms with Crippen LogP contribution in [-0.4, -0.2) is 35.2 Å². The molecule has 8 heteroatoms. The number of methoxy groups -OCH3 is 1. The molecule has 1 amide bonds. The van der Waals surface area contributed by atoms with Crippen LogP contribution in [0.15, 0.2) is 64.2 Å². The highest BCUT2D eigenvalue weighted by molar-refractivity contribution is 5.92. The maximum absolute atomic E-state index is 13.6. The zero-order valence-electron chi connectivity index (χ0n) is 21.4. The summed E-state index contributed by atoms with van der Waals surface area (Å²) in [6.07, 6.45) is 1.23. The van der Waals surface area contributed by atoms with Gasteiger partial charge in [-0.3, -0.25) is 18.7 Å². The lowest BCUT2D eigenvalue weighted by atomic mass is 9.95. The van der Waals surface area contributed by atoms with Gasteiger partial charge < -0.3 is 15.0 Å². The van der Waals surface area contributed by atoms with E-state index >= 15 is 0 Å². The third-order valence-corrected chi connectivity index (χ3v) is 6.63. The highest BCUT2D eigenvalue weighted by Crippen LogP contribution is 2.26. The predicted molar refractivity (Wildman–Crippen MR) is 142 cm³/mol. The Balaban J connectivity index is 1.60. The molecule has 0 aliphatic carbocycles. The van der Waals surface area contributed by atoms with E-state index in [2.05, 4.69) is 5.32 Å². The summed E-state index contributed by atoms with van der Waals surface area (Å²) in [7, 11) is 1.59. The molecule has 1 N–H and O–H groups in total. The number of nitrogens with one attached hydrogen (secondary N) is 1. The monoisotopic (exact) mass is 490 g/mol. The van der Waals surface area contributed by atoms with Gasteiger partial charge in [-0.1, -0.05) is 38.1 Å². The number of ether oxygens (including phenoxy) is 1. The first kappa shape index (κ1) is 25.3. The van der Waals surface area contributed by atoms with Crippen molar-refractivity contribution in [2.24, 2.45) is 11.8 Å². The number of carbonyl (C=O) groups is 1. The minimum Gasteiger partial charge on any atom is -0.497 e. The highest BCUT2D eigenvalue weighted by atomic mass is 16.5. The number of carbonyl (C=O) groups excluding carboxylic acids is 1. The van der Waals surface area contributed by atoms with Gasteiger partial charge in [0.25, 0.3) is 5.56 Å². The molecular weight excluding hydrogens is 456 g/mol. The number of aromatic nitrogens is 2. The second kappa shape index (κ2) is 10.8. The maximum atomic E-state index is 13.6. The van der Waals surface area contributed by atoms with Gasteiger partial charge in [-0.05, 0) is 49.9 Å². The normalized spacial score (nSPS) is 14.2. The van der Waals surface area contributed by atoms with E-state index in [4.69, 9.17) is 4.74 Å². The molecule has 36 heavy (non-hydrogen) atoms. The first-order chi connectivity index (χ1) is 17.3. The van der Waals surface area contributed by atoms with Gasteiger partial charge in [0.2, 0.25) is 5.91 Å². The minimum atomic E-state index is -0.325. The lowest BCUT2D eigenvalue weighted by Gasteiger charge is -2.34. The molecule has 0 saturated carbocycles. The molecular formula is C28H34N4O4. The molecule has 1 aliphatic heterocycles. The summed E-state index contributed by atoms with van der Waals surface area (Å²) in [6, 6.07) is 16.7. The van der Waals surface area contributed by atoms with Crippen LogP contribution in [0.25, 0.3) is 5.69 Å². The van der Waals surface area contributed by atoms with Crippen LogP contribution in [0, 0.1) is 18.8 Å². The molecule has 0 radical (unpaired) electrons. The van der Waals surface area contributed by atoms with Crippen LogP contribution >= 0.6 is 0 Å². The number of piperidine rings is 1. The first-order valence-corrected chi connectivity index (χ1v) is 12.4. The first-order valence-electron chi connectivity index (χ1n) is 12.4. The molecule has 4 rings (SSSR count). The predicted octanol–water partition coefficient (Wildman–Crippen LogP) is 3.83. The van der Waals surface area contributed by atoms with Crippen molar-refractivity contribution in [3.63, 3.8) is 0 Å². The summed E-state index contributed by atoms with van der Waals surface area (Å²) in [4.78, 5) is 41.9. The van der Waals surface area contributed by atoms with E-state index in [-0.39, 0.29) is 29.0 Å². The Hall–Kier alpha value is -3.81. The van der Waals surface area contributed by atoms with Crippen LogP contribution in [0.3, 0.4) is 0 Å². The number of para-hydroxylation sites is 1.